The Bertz CT molecular complexity index is 988. The van der Waals surface area contributed by atoms with Crippen molar-refractivity contribution in [3.63, 3.8) is 0 Å². The second kappa shape index (κ2) is 7.58. The van der Waals surface area contributed by atoms with Gasteiger partial charge in [0.15, 0.2) is 0 Å². The normalized spacial score (nSPS) is 14.6. The van der Waals surface area contributed by atoms with E-state index in [4.69, 9.17) is 4.52 Å². The van der Waals surface area contributed by atoms with Gasteiger partial charge in [0.25, 0.3) is 11.6 Å². The molecule has 1 amide bonds. The van der Waals surface area contributed by atoms with E-state index in [-0.39, 0.29) is 11.8 Å². The minimum Gasteiger partial charge on any atom is -0.370 e. The van der Waals surface area contributed by atoms with E-state index in [0.717, 1.165) is 24.5 Å². The fourth-order valence-electron chi connectivity index (χ4n) is 3.57. The maximum Gasteiger partial charge on any atom is 0.259 e. The highest BCUT2D eigenvalue weighted by molar-refractivity contribution is 6.12. The number of rotatable bonds is 4. The van der Waals surface area contributed by atoms with Gasteiger partial charge in [0.2, 0.25) is 0 Å². The second-order valence-electron chi connectivity index (χ2n) is 7.60. The third-order valence-corrected chi connectivity index (χ3v) is 5.18. The SMILES string of the molecule is Cc1noc2nc(C(C)C)cc(C(=O)Nc3ccc(N4CCCCC4)cn3)c12. The third-order valence-electron chi connectivity index (χ3n) is 5.18. The lowest BCUT2D eigenvalue weighted by molar-refractivity contribution is 0.102. The summed E-state index contributed by atoms with van der Waals surface area (Å²) in [4.78, 5) is 24.2. The molecule has 28 heavy (non-hydrogen) atoms. The largest absolute Gasteiger partial charge is 0.370 e. The molecule has 0 radical (unpaired) electrons. The monoisotopic (exact) mass is 379 g/mol. The Morgan fingerprint density at radius 1 is 1.21 bits per heavy atom. The maximum atomic E-state index is 13.0. The molecule has 3 aromatic rings. The van der Waals surface area contributed by atoms with Crippen LogP contribution in [-0.4, -0.2) is 34.1 Å². The highest BCUT2D eigenvalue weighted by atomic mass is 16.5. The maximum absolute atomic E-state index is 13.0. The molecule has 1 aliphatic heterocycles. The smallest absolute Gasteiger partial charge is 0.259 e. The van der Waals surface area contributed by atoms with E-state index in [9.17, 15) is 4.79 Å². The molecular weight excluding hydrogens is 354 g/mol. The number of piperidine rings is 1. The summed E-state index contributed by atoms with van der Waals surface area (Å²) in [6, 6.07) is 5.68. The standard InChI is InChI=1S/C21H25N5O2/c1-13(2)17-11-16(19-14(3)25-28-21(19)23-17)20(27)24-18-8-7-15(12-22-18)26-9-5-4-6-10-26/h7-8,11-13H,4-6,9-10H2,1-3H3,(H,22,24,27). The zero-order valence-electron chi connectivity index (χ0n) is 16.5. The number of aryl methyl sites for hydroxylation is 1. The molecule has 1 fully saturated rings. The van der Waals surface area contributed by atoms with Gasteiger partial charge >= 0.3 is 0 Å². The Morgan fingerprint density at radius 2 is 2.00 bits per heavy atom. The number of nitrogens with zero attached hydrogens (tertiary/aromatic N) is 4. The number of amides is 1. The molecule has 3 aromatic heterocycles. The van der Waals surface area contributed by atoms with Crippen molar-refractivity contribution in [1.29, 1.82) is 0 Å². The van der Waals surface area contributed by atoms with Crippen LogP contribution in [0.4, 0.5) is 11.5 Å². The first-order chi connectivity index (χ1) is 13.5. The molecule has 0 spiro atoms. The zero-order valence-corrected chi connectivity index (χ0v) is 16.5. The lowest BCUT2D eigenvalue weighted by Gasteiger charge is -2.28. The van der Waals surface area contributed by atoms with Crippen LogP contribution in [0.5, 0.6) is 0 Å². The lowest BCUT2D eigenvalue weighted by atomic mass is 10.0. The number of aromatic nitrogens is 3. The summed E-state index contributed by atoms with van der Waals surface area (Å²) in [6.45, 7) is 7.99. The van der Waals surface area contributed by atoms with Crippen LogP contribution >= 0.6 is 0 Å². The molecule has 0 bridgehead atoms. The molecule has 4 heterocycles. The molecule has 1 saturated heterocycles. The van der Waals surface area contributed by atoms with Gasteiger partial charge in [0.05, 0.1) is 28.5 Å². The number of pyridine rings is 2. The average molecular weight is 379 g/mol. The predicted octanol–water partition coefficient (Wildman–Crippen LogP) is 4.29. The summed E-state index contributed by atoms with van der Waals surface area (Å²) < 4.78 is 5.30. The summed E-state index contributed by atoms with van der Waals surface area (Å²) in [5.41, 5.74) is 3.44. The van der Waals surface area contributed by atoms with Crippen molar-refractivity contribution in [2.75, 3.05) is 23.3 Å². The van der Waals surface area contributed by atoms with Gasteiger partial charge in [-0.25, -0.2) is 9.97 Å². The van der Waals surface area contributed by atoms with Crippen molar-refractivity contribution in [1.82, 2.24) is 15.1 Å². The fourth-order valence-corrected chi connectivity index (χ4v) is 3.57. The number of nitrogens with one attached hydrogen (secondary N) is 1. The van der Waals surface area contributed by atoms with E-state index in [1.54, 1.807) is 0 Å². The molecule has 1 aliphatic rings. The Kier molecular flexibility index (Phi) is 4.98. The van der Waals surface area contributed by atoms with Crippen molar-refractivity contribution in [2.45, 2.75) is 46.0 Å². The molecule has 7 heteroatoms. The predicted molar refractivity (Wildman–Crippen MR) is 109 cm³/mol. The molecule has 1 N–H and O–H groups in total. The minimum atomic E-state index is -0.237. The Balaban J connectivity index is 1.59. The molecular formula is C21H25N5O2. The van der Waals surface area contributed by atoms with Crippen LogP contribution in [0.15, 0.2) is 28.9 Å². The summed E-state index contributed by atoms with van der Waals surface area (Å²) in [6.07, 6.45) is 5.55. The second-order valence-corrected chi connectivity index (χ2v) is 7.60. The molecule has 0 aliphatic carbocycles. The van der Waals surface area contributed by atoms with Crippen molar-refractivity contribution in [3.05, 3.63) is 41.3 Å². The fraction of sp³-hybridized carbons (Fsp3) is 0.429. The molecule has 0 unspecified atom stereocenters. The van der Waals surface area contributed by atoms with E-state index in [1.807, 2.05) is 45.2 Å². The molecule has 0 atom stereocenters. The number of carbonyl (C=O) groups excluding carboxylic acids is 1. The van der Waals surface area contributed by atoms with Crippen LogP contribution in [0, 0.1) is 6.92 Å². The highest BCUT2D eigenvalue weighted by Gasteiger charge is 2.20. The summed E-state index contributed by atoms with van der Waals surface area (Å²) in [5.74, 6) is 0.457. The van der Waals surface area contributed by atoms with Crippen molar-refractivity contribution in [3.8, 4) is 0 Å². The van der Waals surface area contributed by atoms with E-state index in [2.05, 4.69) is 25.3 Å². The van der Waals surface area contributed by atoms with Gasteiger partial charge in [-0.3, -0.25) is 4.79 Å². The first-order valence-corrected chi connectivity index (χ1v) is 9.82. The van der Waals surface area contributed by atoms with E-state index in [1.165, 1.54) is 19.3 Å². The minimum absolute atomic E-state index is 0.170. The number of anilines is 2. The number of hydrogen-bond acceptors (Lipinski definition) is 6. The first-order valence-electron chi connectivity index (χ1n) is 9.82. The number of carbonyl (C=O) groups is 1. The van der Waals surface area contributed by atoms with Crippen LogP contribution in [0.3, 0.4) is 0 Å². The third kappa shape index (κ3) is 3.56. The van der Waals surface area contributed by atoms with Gasteiger partial charge in [-0.15, -0.1) is 0 Å². The van der Waals surface area contributed by atoms with Crippen molar-refractivity contribution >= 4 is 28.5 Å². The Labute approximate surface area is 164 Å². The average Bonchev–Trinajstić information content (AvgIpc) is 3.09. The van der Waals surface area contributed by atoms with Gasteiger partial charge in [-0.05, 0) is 50.3 Å². The lowest BCUT2D eigenvalue weighted by Crippen LogP contribution is -2.29. The number of fused-ring (bicyclic) bond motifs is 1. The van der Waals surface area contributed by atoms with Crippen molar-refractivity contribution in [2.24, 2.45) is 0 Å². The zero-order chi connectivity index (χ0) is 19.7. The van der Waals surface area contributed by atoms with Crippen LogP contribution < -0.4 is 10.2 Å². The van der Waals surface area contributed by atoms with Gasteiger partial charge in [-0.1, -0.05) is 19.0 Å². The van der Waals surface area contributed by atoms with Crippen LogP contribution in [0.25, 0.3) is 11.1 Å². The van der Waals surface area contributed by atoms with Gasteiger partial charge < -0.3 is 14.7 Å². The van der Waals surface area contributed by atoms with Gasteiger partial charge in [0, 0.05) is 18.8 Å². The Morgan fingerprint density at radius 3 is 2.68 bits per heavy atom. The van der Waals surface area contributed by atoms with Crippen LogP contribution in [0.2, 0.25) is 0 Å². The van der Waals surface area contributed by atoms with E-state index < -0.39 is 0 Å². The molecule has 0 aromatic carbocycles. The van der Waals surface area contributed by atoms with E-state index in [0.29, 0.717) is 28.2 Å². The topological polar surface area (TPSA) is 84.1 Å². The van der Waals surface area contributed by atoms with Crippen molar-refractivity contribution < 1.29 is 9.32 Å². The Hall–Kier alpha value is -2.96. The molecule has 7 nitrogen and oxygen atoms in total. The molecule has 4 rings (SSSR count). The highest BCUT2D eigenvalue weighted by Crippen LogP contribution is 2.26. The quantitative estimate of drug-likeness (QED) is 0.728. The molecule has 146 valence electrons. The first kappa shape index (κ1) is 18.4. The van der Waals surface area contributed by atoms with E-state index >= 15 is 0 Å². The summed E-state index contributed by atoms with van der Waals surface area (Å²) in [5, 5.41) is 7.51. The van der Waals surface area contributed by atoms with Crippen LogP contribution in [0.1, 0.15) is 60.8 Å². The van der Waals surface area contributed by atoms with Gasteiger partial charge in [0.1, 0.15) is 5.82 Å². The van der Waals surface area contributed by atoms with Crippen LogP contribution in [-0.2, 0) is 0 Å². The summed E-state index contributed by atoms with van der Waals surface area (Å²) >= 11 is 0. The number of hydrogen-bond donors (Lipinski definition) is 1. The molecule has 0 saturated carbocycles. The summed E-state index contributed by atoms with van der Waals surface area (Å²) in [7, 11) is 0. The van der Waals surface area contributed by atoms with Gasteiger partial charge in [-0.2, -0.15) is 0 Å².